The molecule has 9 nitrogen and oxygen atoms in total. The van der Waals surface area contributed by atoms with Crippen LogP contribution in [-0.4, -0.2) is 51.9 Å². The molecule has 0 fully saturated rings. The summed E-state index contributed by atoms with van der Waals surface area (Å²) in [7, 11) is -3.31. The van der Waals surface area contributed by atoms with Crippen molar-refractivity contribution in [2.75, 3.05) is 37.3 Å². The van der Waals surface area contributed by atoms with Gasteiger partial charge in [-0.3, -0.25) is 4.72 Å². The van der Waals surface area contributed by atoms with Crippen molar-refractivity contribution in [3.05, 3.63) is 89.0 Å². The Kier molecular flexibility index (Phi) is 10.0. The maximum absolute atomic E-state index is 11.4. The highest BCUT2D eigenvalue weighted by atomic mass is 32.2. The van der Waals surface area contributed by atoms with Gasteiger partial charge in [-0.1, -0.05) is 30.3 Å². The van der Waals surface area contributed by atoms with Crippen LogP contribution in [0.25, 0.3) is 0 Å². The molecule has 3 N–H and O–H groups in total. The predicted molar refractivity (Wildman–Crippen MR) is 154 cm³/mol. The molecule has 0 unspecified atom stereocenters. The van der Waals surface area contributed by atoms with Crippen LogP contribution in [0.2, 0.25) is 0 Å². The Labute approximate surface area is 236 Å². The Morgan fingerprint density at radius 2 is 1.82 bits per heavy atom. The van der Waals surface area contributed by atoms with Crippen LogP contribution in [0, 0.1) is 0 Å². The van der Waals surface area contributed by atoms with Crippen LogP contribution in [0.5, 0.6) is 11.5 Å². The molecule has 0 amide bonds. The van der Waals surface area contributed by atoms with Crippen LogP contribution in [0.1, 0.15) is 42.2 Å². The maximum atomic E-state index is 11.4. The number of hydrogen-bond donors (Lipinski definition) is 3. The van der Waals surface area contributed by atoms with Crippen molar-refractivity contribution in [2.24, 2.45) is 0 Å². The minimum absolute atomic E-state index is 0.358. The van der Waals surface area contributed by atoms with E-state index in [4.69, 9.17) is 18.9 Å². The van der Waals surface area contributed by atoms with Crippen molar-refractivity contribution in [2.45, 2.75) is 45.4 Å². The first-order chi connectivity index (χ1) is 19.1. The van der Waals surface area contributed by atoms with Crippen molar-refractivity contribution in [3.63, 3.8) is 0 Å². The first-order valence-corrected chi connectivity index (χ1v) is 15.2. The van der Waals surface area contributed by atoms with Crippen LogP contribution < -0.4 is 19.5 Å². The van der Waals surface area contributed by atoms with E-state index in [0.717, 1.165) is 47.4 Å². The first kappa shape index (κ1) is 29.8. The number of fused-ring (bicyclic) bond motifs is 1. The van der Waals surface area contributed by atoms with E-state index in [0.29, 0.717) is 38.7 Å². The Morgan fingerprint density at radius 3 is 2.60 bits per heavy atom. The van der Waals surface area contributed by atoms with Crippen LogP contribution in [0.3, 0.4) is 0 Å². The van der Waals surface area contributed by atoms with Gasteiger partial charge >= 0.3 is 0 Å². The summed E-state index contributed by atoms with van der Waals surface area (Å²) in [6, 6.07) is 20.8. The van der Waals surface area contributed by atoms with Crippen molar-refractivity contribution >= 4 is 15.7 Å². The fourth-order valence-corrected chi connectivity index (χ4v) is 4.81. The van der Waals surface area contributed by atoms with Gasteiger partial charge in [-0.25, -0.2) is 8.42 Å². The second-order valence-electron chi connectivity index (χ2n) is 10.2. The molecule has 0 aliphatic carbocycles. The van der Waals surface area contributed by atoms with E-state index >= 15 is 0 Å². The van der Waals surface area contributed by atoms with Crippen LogP contribution in [-0.2, 0) is 39.1 Å². The third kappa shape index (κ3) is 9.50. The van der Waals surface area contributed by atoms with E-state index in [-0.39, 0.29) is 0 Å². The number of benzene rings is 3. The lowest BCUT2D eigenvalue weighted by molar-refractivity contribution is -0.180. The van der Waals surface area contributed by atoms with Crippen molar-refractivity contribution in [3.8, 4) is 11.5 Å². The summed E-state index contributed by atoms with van der Waals surface area (Å²) in [4.78, 5) is 0. The monoisotopic (exact) mass is 570 g/mol. The molecule has 3 aromatic rings. The van der Waals surface area contributed by atoms with Gasteiger partial charge in [-0.15, -0.1) is 0 Å². The average Bonchev–Trinajstić information content (AvgIpc) is 2.90. The molecule has 0 bridgehead atoms. The standard InChI is InChI=1S/C30H38N2O7S/c1-30(2)38-21-25-18-24(9-12-29(25)39-30)28(33)19-31-14-13-22-7-10-27(11-8-22)37-16-15-36-20-23-5-4-6-26(17-23)32-40(3,34)35/h4-12,17-18,28,31-33H,13-16,19-21H2,1-3H3/t28-/m1/s1. The summed E-state index contributed by atoms with van der Waals surface area (Å²) in [5.41, 5.74) is 4.32. The fraction of sp³-hybridized carbons (Fsp3) is 0.400. The molecule has 10 heteroatoms. The van der Waals surface area contributed by atoms with E-state index in [1.807, 2.05) is 62.4 Å². The van der Waals surface area contributed by atoms with Crippen molar-refractivity contribution in [1.82, 2.24) is 5.32 Å². The minimum atomic E-state index is -3.31. The second-order valence-corrected chi connectivity index (χ2v) is 12.0. The molecular formula is C30H38N2O7S. The van der Waals surface area contributed by atoms with E-state index in [9.17, 15) is 13.5 Å². The average molecular weight is 571 g/mol. The van der Waals surface area contributed by atoms with Crippen LogP contribution in [0.4, 0.5) is 5.69 Å². The Hall–Kier alpha value is -3.15. The minimum Gasteiger partial charge on any atom is -0.491 e. The smallest absolute Gasteiger partial charge is 0.229 e. The summed E-state index contributed by atoms with van der Waals surface area (Å²) >= 11 is 0. The number of aliphatic hydroxyl groups excluding tert-OH is 1. The molecule has 1 aliphatic heterocycles. The van der Waals surface area contributed by atoms with Crippen LogP contribution >= 0.6 is 0 Å². The van der Waals surface area contributed by atoms with Gasteiger partial charge in [-0.2, -0.15) is 0 Å². The largest absolute Gasteiger partial charge is 0.491 e. The van der Waals surface area contributed by atoms with Gasteiger partial charge in [0.25, 0.3) is 0 Å². The number of anilines is 1. The molecule has 0 aromatic heterocycles. The highest BCUT2D eigenvalue weighted by Gasteiger charge is 2.27. The summed E-state index contributed by atoms with van der Waals surface area (Å²) < 4.78 is 48.2. The summed E-state index contributed by atoms with van der Waals surface area (Å²) in [6.07, 6.45) is 1.32. The molecule has 1 heterocycles. The predicted octanol–water partition coefficient (Wildman–Crippen LogP) is 4.16. The second kappa shape index (κ2) is 13.5. The topological polar surface area (TPSA) is 115 Å². The summed E-state index contributed by atoms with van der Waals surface area (Å²) in [6.45, 7) is 6.57. The van der Waals surface area contributed by atoms with E-state index < -0.39 is 21.9 Å². The molecule has 0 radical (unpaired) electrons. The van der Waals surface area contributed by atoms with Gasteiger partial charge in [0.2, 0.25) is 15.8 Å². The quantitative estimate of drug-likeness (QED) is 0.248. The maximum Gasteiger partial charge on any atom is 0.229 e. The molecule has 0 saturated heterocycles. The molecule has 3 aromatic carbocycles. The highest BCUT2D eigenvalue weighted by Crippen LogP contribution is 2.32. The lowest BCUT2D eigenvalue weighted by Crippen LogP contribution is -2.35. The Morgan fingerprint density at radius 1 is 1.02 bits per heavy atom. The van der Waals surface area contributed by atoms with Gasteiger partial charge in [-0.05, 0) is 66.1 Å². The number of ether oxygens (including phenoxy) is 4. The van der Waals surface area contributed by atoms with Gasteiger partial charge in [0.1, 0.15) is 18.1 Å². The zero-order chi connectivity index (χ0) is 28.6. The Bertz CT molecular complexity index is 1360. The first-order valence-electron chi connectivity index (χ1n) is 13.3. The lowest BCUT2D eigenvalue weighted by atomic mass is 10.0. The van der Waals surface area contributed by atoms with E-state index in [1.165, 1.54) is 5.56 Å². The van der Waals surface area contributed by atoms with Crippen LogP contribution in [0.15, 0.2) is 66.7 Å². The van der Waals surface area contributed by atoms with E-state index in [2.05, 4.69) is 10.0 Å². The van der Waals surface area contributed by atoms with E-state index in [1.54, 1.807) is 18.2 Å². The zero-order valence-corrected chi connectivity index (χ0v) is 24.0. The molecule has 0 spiro atoms. The molecule has 4 rings (SSSR count). The molecule has 0 saturated carbocycles. The molecule has 1 aliphatic rings. The number of nitrogens with one attached hydrogen (secondary N) is 2. The molecule has 216 valence electrons. The SMILES string of the molecule is CC1(C)OCc2cc([C@H](O)CNCCc3ccc(OCCOCc4cccc(NS(C)(=O)=O)c4)cc3)ccc2O1. The molecular weight excluding hydrogens is 532 g/mol. The van der Waals surface area contributed by atoms with Crippen molar-refractivity contribution < 1.29 is 32.5 Å². The number of rotatable bonds is 14. The third-order valence-corrected chi connectivity index (χ3v) is 6.85. The summed E-state index contributed by atoms with van der Waals surface area (Å²) in [5.74, 6) is 0.927. The Balaban J connectivity index is 1.11. The molecule has 40 heavy (non-hydrogen) atoms. The normalized spacial score (nSPS) is 15.1. The third-order valence-electron chi connectivity index (χ3n) is 6.25. The van der Waals surface area contributed by atoms with Gasteiger partial charge in [0.05, 0.1) is 32.2 Å². The fourth-order valence-electron chi connectivity index (χ4n) is 4.25. The van der Waals surface area contributed by atoms with Gasteiger partial charge in [0.15, 0.2) is 0 Å². The highest BCUT2D eigenvalue weighted by molar-refractivity contribution is 7.92. The lowest BCUT2D eigenvalue weighted by Gasteiger charge is -2.33. The van der Waals surface area contributed by atoms with Gasteiger partial charge < -0.3 is 29.4 Å². The number of hydrogen-bond acceptors (Lipinski definition) is 8. The summed E-state index contributed by atoms with van der Waals surface area (Å²) in [5, 5.41) is 13.9. The number of sulfonamides is 1. The van der Waals surface area contributed by atoms with Crippen molar-refractivity contribution in [1.29, 1.82) is 0 Å². The van der Waals surface area contributed by atoms with Gasteiger partial charge in [0, 0.05) is 31.6 Å². The zero-order valence-electron chi connectivity index (χ0n) is 23.2. The molecule has 1 atom stereocenters. The number of aliphatic hydroxyl groups is 1.